The van der Waals surface area contributed by atoms with Crippen molar-refractivity contribution in [3.63, 3.8) is 0 Å². The molecule has 0 aliphatic heterocycles. The van der Waals surface area contributed by atoms with Crippen LogP contribution in [-0.2, 0) is 0 Å². The van der Waals surface area contributed by atoms with E-state index in [2.05, 4.69) is 27.1 Å². The molecule has 0 spiro atoms. The number of rotatable bonds is 2. The summed E-state index contributed by atoms with van der Waals surface area (Å²) in [6, 6.07) is 8.56. The summed E-state index contributed by atoms with van der Waals surface area (Å²) in [6.45, 7) is 1.61. The molecule has 2 aromatic rings. The van der Waals surface area contributed by atoms with E-state index in [4.69, 9.17) is 5.11 Å². The summed E-state index contributed by atoms with van der Waals surface area (Å²) in [4.78, 5) is 20.2. The lowest BCUT2D eigenvalue weighted by atomic mass is 10.2. The number of pyridine rings is 2. The number of aliphatic hydroxyl groups is 1. The maximum Gasteiger partial charge on any atom is 0.275 e. The van der Waals surface area contributed by atoms with Crippen molar-refractivity contribution in [1.82, 2.24) is 9.97 Å². The molecule has 1 amide bonds. The molecule has 5 nitrogen and oxygen atoms in total. The fourth-order valence-electron chi connectivity index (χ4n) is 1.57. The molecule has 2 N–H and O–H groups in total. The van der Waals surface area contributed by atoms with Crippen LogP contribution in [0.15, 0.2) is 36.5 Å². The summed E-state index contributed by atoms with van der Waals surface area (Å²) < 4.78 is 0. The second kappa shape index (κ2) is 6.45. The minimum absolute atomic E-state index is 0.211. The van der Waals surface area contributed by atoms with Gasteiger partial charge < -0.3 is 10.4 Å². The van der Waals surface area contributed by atoms with E-state index < -0.39 is 0 Å². The Kier molecular flexibility index (Phi) is 4.43. The van der Waals surface area contributed by atoms with Gasteiger partial charge in [0.05, 0.1) is 0 Å². The number of nitrogens with zero attached hydrogens (tertiary/aromatic N) is 2. The first-order valence-corrected chi connectivity index (χ1v) is 6.00. The van der Waals surface area contributed by atoms with Crippen LogP contribution in [0.2, 0.25) is 0 Å². The van der Waals surface area contributed by atoms with Crippen molar-refractivity contribution >= 4 is 11.7 Å². The molecule has 0 aliphatic carbocycles. The van der Waals surface area contributed by atoms with Crippen LogP contribution in [0.5, 0.6) is 0 Å². The predicted octanol–water partition coefficient (Wildman–Crippen LogP) is 1.38. The van der Waals surface area contributed by atoms with E-state index >= 15 is 0 Å². The highest BCUT2D eigenvalue weighted by Gasteiger charge is 2.08. The lowest BCUT2D eigenvalue weighted by molar-refractivity contribution is 0.102. The van der Waals surface area contributed by atoms with Crippen molar-refractivity contribution < 1.29 is 9.90 Å². The number of anilines is 1. The molecular formula is C15H13N3O2. The van der Waals surface area contributed by atoms with Crippen LogP contribution in [0.25, 0.3) is 0 Å². The van der Waals surface area contributed by atoms with Gasteiger partial charge in [0, 0.05) is 17.5 Å². The number of aliphatic hydroxyl groups excluding tert-OH is 1. The van der Waals surface area contributed by atoms with Gasteiger partial charge in [-0.15, -0.1) is 0 Å². The number of hydrogen-bond acceptors (Lipinski definition) is 4. The zero-order valence-electron chi connectivity index (χ0n) is 10.9. The van der Waals surface area contributed by atoms with Crippen LogP contribution >= 0.6 is 0 Å². The second-order valence-electron chi connectivity index (χ2n) is 4.01. The summed E-state index contributed by atoms with van der Waals surface area (Å²) in [5.74, 6) is 5.35. The van der Waals surface area contributed by atoms with Gasteiger partial charge in [0.2, 0.25) is 0 Å². The summed E-state index contributed by atoms with van der Waals surface area (Å²) in [5, 5.41) is 11.3. The molecule has 0 saturated heterocycles. The predicted molar refractivity (Wildman–Crippen MR) is 75.1 cm³/mol. The Morgan fingerprint density at radius 2 is 2.25 bits per heavy atom. The highest BCUT2D eigenvalue weighted by atomic mass is 16.2. The van der Waals surface area contributed by atoms with Gasteiger partial charge in [-0.3, -0.25) is 4.79 Å². The molecule has 0 radical (unpaired) electrons. The summed E-state index contributed by atoms with van der Waals surface area (Å²) in [6.07, 6.45) is 1.54. The number of amides is 1. The standard InChI is InChI=1S/C15H13N3O2/c1-11-4-2-6-13(17-11)15(20)18-14-10-12(5-3-9-19)7-8-16-14/h2,4,6-8,10,19H,9H2,1H3,(H,16,18,20). The van der Waals surface area contributed by atoms with E-state index in [1.165, 1.54) is 0 Å². The Morgan fingerprint density at radius 3 is 3.00 bits per heavy atom. The Bertz CT molecular complexity index is 687. The Balaban J connectivity index is 2.15. The Morgan fingerprint density at radius 1 is 1.40 bits per heavy atom. The van der Waals surface area contributed by atoms with Crippen LogP contribution in [0.4, 0.5) is 5.82 Å². The fraction of sp³-hybridized carbons (Fsp3) is 0.133. The van der Waals surface area contributed by atoms with E-state index in [-0.39, 0.29) is 12.5 Å². The smallest absolute Gasteiger partial charge is 0.275 e. The maximum atomic E-state index is 12.0. The van der Waals surface area contributed by atoms with Crippen molar-refractivity contribution in [2.45, 2.75) is 6.92 Å². The minimum atomic E-state index is -0.325. The number of hydrogen-bond donors (Lipinski definition) is 2. The number of carbonyl (C=O) groups excluding carboxylic acids is 1. The summed E-state index contributed by atoms with van der Waals surface area (Å²) in [7, 11) is 0. The van der Waals surface area contributed by atoms with Gasteiger partial charge in [-0.25, -0.2) is 9.97 Å². The van der Waals surface area contributed by atoms with E-state index in [1.54, 1.807) is 30.5 Å². The average molecular weight is 267 g/mol. The highest BCUT2D eigenvalue weighted by Crippen LogP contribution is 2.08. The first-order chi connectivity index (χ1) is 9.69. The molecule has 0 fully saturated rings. The minimum Gasteiger partial charge on any atom is -0.384 e. The molecule has 20 heavy (non-hydrogen) atoms. The molecule has 2 rings (SSSR count). The number of carbonyl (C=O) groups is 1. The van der Waals surface area contributed by atoms with Gasteiger partial charge in [-0.05, 0) is 31.2 Å². The van der Waals surface area contributed by atoms with E-state index in [0.717, 1.165) is 5.69 Å². The van der Waals surface area contributed by atoms with Gasteiger partial charge in [-0.1, -0.05) is 17.9 Å². The molecule has 0 aliphatic rings. The molecule has 2 heterocycles. The first-order valence-electron chi connectivity index (χ1n) is 6.00. The lowest BCUT2D eigenvalue weighted by Gasteiger charge is -2.04. The van der Waals surface area contributed by atoms with Crippen LogP contribution in [0.1, 0.15) is 21.7 Å². The zero-order chi connectivity index (χ0) is 14.4. The van der Waals surface area contributed by atoms with Gasteiger partial charge in [0.25, 0.3) is 5.91 Å². The quantitative estimate of drug-likeness (QED) is 0.806. The third-order valence-electron chi connectivity index (χ3n) is 2.43. The third kappa shape index (κ3) is 3.64. The van der Waals surface area contributed by atoms with E-state index in [9.17, 15) is 4.79 Å². The van der Waals surface area contributed by atoms with Gasteiger partial charge in [0.15, 0.2) is 0 Å². The summed E-state index contributed by atoms with van der Waals surface area (Å²) >= 11 is 0. The normalized spacial score (nSPS) is 9.50. The van der Waals surface area contributed by atoms with Gasteiger partial charge >= 0.3 is 0 Å². The van der Waals surface area contributed by atoms with Crippen molar-refractivity contribution in [2.75, 3.05) is 11.9 Å². The third-order valence-corrected chi connectivity index (χ3v) is 2.43. The van der Waals surface area contributed by atoms with Crippen LogP contribution in [0.3, 0.4) is 0 Å². The molecule has 2 aromatic heterocycles. The Labute approximate surface area is 116 Å². The number of aryl methyl sites for hydroxylation is 1. The molecule has 0 atom stereocenters. The number of aromatic nitrogens is 2. The average Bonchev–Trinajstić information content (AvgIpc) is 2.45. The highest BCUT2D eigenvalue weighted by molar-refractivity contribution is 6.02. The van der Waals surface area contributed by atoms with Crippen molar-refractivity contribution in [3.8, 4) is 11.8 Å². The zero-order valence-corrected chi connectivity index (χ0v) is 10.9. The molecular weight excluding hydrogens is 254 g/mol. The fourth-order valence-corrected chi connectivity index (χ4v) is 1.57. The van der Waals surface area contributed by atoms with Crippen LogP contribution in [0, 0.1) is 18.8 Å². The molecule has 0 unspecified atom stereocenters. The van der Waals surface area contributed by atoms with Crippen LogP contribution < -0.4 is 5.32 Å². The SMILES string of the molecule is Cc1cccc(C(=O)Nc2cc(C#CCO)ccn2)n1. The first kappa shape index (κ1) is 13.7. The monoisotopic (exact) mass is 267 g/mol. The number of nitrogens with one attached hydrogen (secondary N) is 1. The molecule has 0 aromatic carbocycles. The Hall–Kier alpha value is -2.71. The second-order valence-corrected chi connectivity index (χ2v) is 4.01. The van der Waals surface area contributed by atoms with Gasteiger partial charge in [0.1, 0.15) is 18.1 Å². The molecule has 100 valence electrons. The lowest BCUT2D eigenvalue weighted by Crippen LogP contribution is -2.14. The van der Waals surface area contributed by atoms with Crippen molar-refractivity contribution in [1.29, 1.82) is 0 Å². The summed E-state index contributed by atoms with van der Waals surface area (Å²) in [5.41, 5.74) is 1.77. The largest absolute Gasteiger partial charge is 0.384 e. The van der Waals surface area contributed by atoms with Crippen molar-refractivity contribution in [3.05, 3.63) is 53.5 Å². The van der Waals surface area contributed by atoms with Crippen LogP contribution in [-0.4, -0.2) is 27.6 Å². The van der Waals surface area contributed by atoms with E-state index in [1.807, 2.05) is 13.0 Å². The van der Waals surface area contributed by atoms with E-state index in [0.29, 0.717) is 17.1 Å². The maximum absolute atomic E-state index is 12.0. The van der Waals surface area contributed by atoms with Crippen molar-refractivity contribution in [2.24, 2.45) is 0 Å². The topological polar surface area (TPSA) is 75.1 Å². The van der Waals surface area contributed by atoms with Gasteiger partial charge in [-0.2, -0.15) is 0 Å². The molecule has 5 heteroatoms. The molecule has 0 saturated carbocycles. The molecule has 0 bridgehead atoms.